The van der Waals surface area contributed by atoms with E-state index in [-0.39, 0.29) is 6.04 Å². The van der Waals surface area contributed by atoms with Gasteiger partial charge in [0.25, 0.3) is 0 Å². The molecule has 1 N–H and O–H groups in total. The molecule has 0 aliphatic carbocycles. The fraction of sp³-hybridized carbons (Fsp3) is 0.933. The van der Waals surface area contributed by atoms with E-state index < -0.39 is 0 Å². The Hall–Kier alpha value is -0.550. The van der Waals surface area contributed by atoms with Crippen molar-refractivity contribution in [2.45, 2.75) is 84.1 Å². The minimum Gasteiger partial charge on any atom is -0.302 e. The fourth-order valence-corrected chi connectivity index (χ4v) is 1.98. The van der Waals surface area contributed by atoms with Crippen molar-refractivity contribution in [1.29, 1.82) is 5.26 Å². The molecule has 0 saturated carbocycles. The fourth-order valence-electron chi connectivity index (χ4n) is 1.98. The molecule has 0 fully saturated rings. The van der Waals surface area contributed by atoms with Gasteiger partial charge in [0.05, 0.1) is 12.1 Å². The van der Waals surface area contributed by atoms with Gasteiger partial charge in [0.1, 0.15) is 0 Å². The van der Waals surface area contributed by atoms with E-state index in [0.29, 0.717) is 0 Å². The van der Waals surface area contributed by atoms with E-state index in [4.69, 9.17) is 5.26 Å². The standard InChI is InChI=1S/C15H30N2/c1-3-4-5-6-7-8-9-10-11-12-13-17-15(2)14-16/h15,17H,3-13H2,1-2H3. The monoisotopic (exact) mass is 238 g/mol. The molecule has 0 amide bonds. The van der Waals surface area contributed by atoms with E-state index in [1.165, 1.54) is 64.2 Å². The van der Waals surface area contributed by atoms with Gasteiger partial charge in [0.15, 0.2) is 0 Å². The summed E-state index contributed by atoms with van der Waals surface area (Å²) >= 11 is 0. The van der Waals surface area contributed by atoms with Gasteiger partial charge in [-0.2, -0.15) is 5.26 Å². The van der Waals surface area contributed by atoms with Crippen molar-refractivity contribution in [1.82, 2.24) is 5.32 Å². The third-order valence-corrected chi connectivity index (χ3v) is 3.17. The lowest BCUT2D eigenvalue weighted by Crippen LogP contribution is -2.25. The second-order valence-corrected chi connectivity index (χ2v) is 4.99. The first-order valence-electron chi connectivity index (χ1n) is 7.44. The summed E-state index contributed by atoms with van der Waals surface area (Å²) in [7, 11) is 0. The Bertz CT molecular complexity index is 184. The smallest absolute Gasteiger partial charge is 0.0924 e. The zero-order valence-electron chi connectivity index (χ0n) is 11.8. The van der Waals surface area contributed by atoms with Crippen LogP contribution in [-0.4, -0.2) is 12.6 Å². The molecule has 0 rings (SSSR count). The number of hydrogen-bond acceptors (Lipinski definition) is 2. The van der Waals surface area contributed by atoms with Crippen LogP contribution >= 0.6 is 0 Å². The van der Waals surface area contributed by atoms with E-state index in [2.05, 4.69) is 18.3 Å². The van der Waals surface area contributed by atoms with Crippen molar-refractivity contribution in [3.05, 3.63) is 0 Å². The molecule has 0 aromatic carbocycles. The Balaban J connectivity index is 2.97. The number of rotatable bonds is 12. The predicted octanol–water partition coefficient (Wildman–Crippen LogP) is 4.41. The highest BCUT2D eigenvalue weighted by Gasteiger charge is 1.96. The zero-order chi connectivity index (χ0) is 12.8. The lowest BCUT2D eigenvalue weighted by Gasteiger charge is -2.05. The maximum absolute atomic E-state index is 8.58. The molecule has 0 aliphatic rings. The molecule has 1 unspecified atom stereocenters. The predicted molar refractivity (Wildman–Crippen MR) is 74.9 cm³/mol. The molecule has 0 aliphatic heterocycles. The molecule has 1 atom stereocenters. The van der Waals surface area contributed by atoms with Crippen LogP contribution in [0.15, 0.2) is 0 Å². The second kappa shape index (κ2) is 13.5. The van der Waals surface area contributed by atoms with Crippen molar-refractivity contribution in [2.75, 3.05) is 6.54 Å². The van der Waals surface area contributed by atoms with Crippen LogP contribution in [-0.2, 0) is 0 Å². The molecule has 2 nitrogen and oxygen atoms in total. The third kappa shape index (κ3) is 13.4. The van der Waals surface area contributed by atoms with Gasteiger partial charge in [0, 0.05) is 0 Å². The van der Waals surface area contributed by atoms with Gasteiger partial charge >= 0.3 is 0 Å². The van der Waals surface area contributed by atoms with Crippen LogP contribution in [0.3, 0.4) is 0 Å². The van der Waals surface area contributed by atoms with Crippen LogP contribution in [0.5, 0.6) is 0 Å². The van der Waals surface area contributed by atoms with Crippen molar-refractivity contribution in [3.8, 4) is 6.07 Å². The Morgan fingerprint density at radius 3 is 1.82 bits per heavy atom. The lowest BCUT2D eigenvalue weighted by atomic mass is 10.1. The minimum absolute atomic E-state index is 0.00793. The molecule has 100 valence electrons. The van der Waals surface area contributed by atoms with E-state index in [1.807, 2.05) is 6.92 Å². The van der Waals surface area contributed by atoms with Gasteiger partial charge in [-0.1, -0.05) is 64.7 Å². The SMILES string of the molecule is CCCCCCCCCCCCNC(C)C#N. The highest BCUT2D eigenvalue weighted by Crippen LogP contribution is 2.10. The van der Waals surface area contributed by atoms with Crippen LogP contribution in [0, 0.1) is 11.3 Å². The van der Waals surface area contributed by atoms with Crippen LogP contribution < -0.4 is 5.32 Å². The molecule has 0 bridgehead atoms. The highest BCUT2D eigenvalue weighted by molar-refractivity contribution is 4.84. The van der Waals surface area contributed by atoms with Crippen LogP contribution in [0.25, 0.3) is 0 Å². The van der Waals surface area contributed by atoms with Gasteiger partial charge in [-0.25, -0.2) is 0 Å². The van der Waals surface area contributed by atoms with E-state index in [0.717, 1.165) is 6.54 Å². The zero-order valence-corrected chi connectivity index (χ0v) is 11.8. The first-order chi connectivity index (χ1) is 8.31. The molecule has 0 aromatic rings. The quantitative estimate of drug-likeness (QED) is 0.511. The Morgan fingerprint density at radius 1 is 0.882 bits per heavy atom. The summed E-state index contributed by atoms with van der Waals surface area (Å²) in [5, 5.41) is 11.8. The first kappa shape index (κ1) is 16.4. The van der Waals surface area contributed by atoms with E-state index >= 15 is 0 Å². The van der Waals surface area contributed by atoms with Crippen LogP contribution in [0.1, 0.15) is 78.1 Å². The molecule has 2 heteroatoms. The minimum atomic E-state index is 0.00793. The number of nitrogens with one attached hydrogen (secondary N) is 1. The first-order valence-corrected chi connectivity index (χ1v) is 7.44. The molecule has 0 radical (unpaired) electrons. The molecule has 0 aromatic heterocycles. The molecular formula is C15H30N2. The van der Waals surface area contributed by atoms with E-state index in [1.54, 1.807) is 0 Å². The number of nitriles is 1. The Morgan fingerprint density at radius 2 is 1.35 bits per heavy atom. The molecule has 0 spiro atoms. The summed E-state index contributed by atoms with van der Waals surface area (Å²) < 4.78 is 0. The normalized spacial score (nSPS) is 12.3. The Kier molecular flexibility index (Phi) is 13.1. The van der Waals surface area contributed by atoms with Gasteiger partial charge in [-0.15, -0.1) is 0 Å². The maximum atomic E-state index is 8.58. The summed E-state index contributed by atoms with van der Waals surface area (Å²) in [4.78, 5) is 0. The van der Waals surface area contributed by atoms with Crippen molar-refractivity contribution >= 4 is 0 Å². The third-order valence-electron chi connectivity index (χ3n) is 3.17. The molecule has 0 saturated heterocycles. The maximum Gasteiger partial charge on any atom is 0.0924 e. The highest BCUT2D eigenvalue weighted by atomic mass is 14.9. The van der Waals surface area contributed by atoms with Crippen molar-refractivity contribution in [3.63, 3.8) is 0 Å². The summed E-state index contributed by atoms with van der Waals surface area (Å²) in [6.07, 6.45) is 13.7. The van der Waals surface area contributed by atoms with Crippen LogP contribution in [0.2, 0.25) is 0 Å². The lowest BCUT2D eigenvalue weighted by molar-refractivity contribution is 0.537. The van der Waals surface area contributed by atoms with Gasteiger partial charge in [-0.05, 0) is 19.9 Å². The summed E-state index contributed by atoms with van der Waals surface area (Å²) in [5.74, 6) is 0. The molecular weight excluding hydrogens is 208 g/mol. The molecule has 17 heavy (non-hydrogen) atoms. The summed E-state index contributed by atoms with van der Waals surface area (Å²) in [6, 6.07) is 2.20. The number of hydrogen-bond donors (Lipinski definition) is 1. The number of nitrogens with zero attached hydrogens (tertiary/aromatic N) is 1. The van der Waals surface area contributed by atoms with Crippen molar-refractivity contribution < 1.29 is 0 Å². The summed E-state index contributed by atoms with van der Waals surface area (Å²) in [6.45, 7) is 5.17. The van der Waals surface area contributed by atoms with Gasteiger partial charge < -0.3 is 5.32 Å². The average molecular weight is 238 g/mol. The van der Waals surface area contributed by atoms with Crippen LogP contribution in [0.4, 0.5) is 0 Å². The second-order valence-electron chi connectivity index (χ2n) is 4.99. The van der Waals surface area contributed by atoms with E-state index in [9.17, 15) is 0 Å². The molecule has 0 heterocycles. The largest absolute Gasteiger partial charge is 0.302 e. The topological polar surface area (TPSA) is 35.8 Å². The average Bonchev–Trinajstić information content (AvgIpc) is 2.35. The van der Waals surface area contributed by atoms with Gasteiger partial charge in [-0.3, -0.25) is 0 Å². The Labute approximate surface area is 108 Å². The number of unbranched alkanes of at least 4 members (excludes halogenated alkanes) is 9. The van der Waals surface area contributed by atoms with Crippen molar-refractivity contribution in [2.24, 2.45) is 0 Å². The van der Waals surface area contributed by atoms with Gasteiger partial charge in [0.2, 0.25) is 0 Å². The summed E-state index contributed by atoms with van der Waals surface area (Å²) in [5.41, 5.74) is 0.